The van der Waals surface area contributed by atoms with Gasteiger partial charge in [-0.25, -0.2) is 4.79 Å². The summed E-state index contributed by atoms with van der Waals surface area (Å²) < 4.78 is 11.2. The lowest BCUT2D eigenvalue weighted by Crippen LogP contribution is -2.20. The van der Waals surface area contributed by atoms with Crippen molar-refractivity contribution in [2.24, 2.45) is 0 Å². The minimum absolute atomic E-state index is 0.0199. The molecule has 21 heavy (non-hydrogen) atoms. The monoisotopic (exact) mass is 286 g/mol. The number of nitrogens with zero attached hydrogens (tertiary/aromatic N) is 2. The van der Waals surface area contributed by atoms with Crippen LogP contribution in [0.4, 0.5) is 0 Å². The van der Waals surface area contributed by atoms with E-state index in [-0.39, 0.29) is 12.4 Å². The zero-order valence-corrected chi connectivity index (χ0v) is 11.4. The molecule has 0 aliphatic rings. The molecule has 3 rings (SSSR count). The van der Waals surface area contributed by atoms with E-state index in [4.69, 9.17) is 8.83 Å². The number of aromatic nitrogens is 2. The van der Waals surface area contributed by atoms with Crippen molar-refractivity contribution in [1.82, 2.24) is 9.78 Å². The number of hydrogen-bond donors (Lipinski definition) is 1. The number of aliphatic hydroxyl groups is 1. The standard InChI is InChI=1S/C15H14N2O4/c1-10-4-6-11(7-5-10)12(18)9-17-15(19)21-14(16-17)13-3-2-8-20-13/h2-8,12,18H,9H2,1H3. The minimum atomic E-state index is -0.835. The number of furan rings is 1. The van der Waals surface area contributed by atoms with Gasteiger partial charge >= 0.3 is 5.76 Å². The van der Waals surface area contributed by atoms with Gasteiger partial charge < -0.3 is 13.9 Å². The highest BCUT2D eigenvalue weighted by Gasteiger charge is 2.16. The van der Waals surface area contributed by atoms with Crippen LogP contribution in [0.5, 0.6) is 0 Å². The largest absolute Gasteiger partial charge is 0.459 e. The Bertz CT molecular complexity index is 769. The highest BCUT2D eigenvalue weighted by molar-refractivity contribution is 5.42. The van der Waals surface area contributed by atoms with Crippen LogP contribution < -0.4 is 5.76 Å². The van der Waals surface area contributed by atoms with E-state index in [1.54, 1.807) is 12.1 Å². The van der Waals surface area contributed by atoms with Gasteiger partial charge in [-0.3, -0.25) is 0 Å². The Kier molecular flexibility index (Phi) is 3.45. The maximum Gasteiger partial charge on any atom is 0.437 e. The van der Waals surface area contributed by atoms with Gasteiger partial charge in [-0.15, -0.1) is 5.10 Å². The second-order valence-corrected chi connectivity index (χ2v) is 4.76. The first-order valence-corrected chi connectivity index (χ1v) is 6.50. The molecule has 0 radical (unpaired) electrons. The van der Waals surface area contributed by atoms with Crippen molar-refractivity contribution in [1.29, 1.82) is 0 Å². The molecule has 0 fully saturated rings. The fourth-order valence-corrected chi connectivity index (χ4v) is 1.98. The predicted octanol–water partition coefficient (Wildman–Crippen LogP) is 2.14. The van der Waals surface area contributed by atoms with Crippen LogP contribution in [0.2, 0.25) is 0 Å². The zero-order valence-electron chi connectivity index (χ0n) is 11.4. The molecule has 1 aromatic carbocycles. The molecule has 0 amide bonds. The van der Waals surface area contributed by atoms with Crippen molar-refractivity contribution in [2.45, 2.75) is 19.6 Å². The van der Waals surface area contributed by atoms with Crippen LogP contribution in [0.3, 0.4) is 0 Å². The summed E-state index contributed by atoms with van der Waals surface area (Å²) >= 11 is 0. The Morgan fingerprint density at radius 1 is 1.29 bits per heavy atom. The first kappa shape index (κ1) is 13.4. The van der Waals surface area contributed by atoms with Crippen LogP contribution >= 0.6 is 0 Å². The van der Waals surface area contributed by atoms with Gasteiger partial charge in [0.05, 0.1) is 18.9 Å². The summed E-state index contributed by atoms with van der Waals surface area (Å²) in [4.78, 5) is 11.7. The van der Waals surface area contributed by atoms with Crippen molar-refractivity contribution in [2.75, 3.05) is 0 Å². The number of aliphatic hydroxyl groups excluding tert-OH is 1. The molecule has 0 saturated carbocycles. The maximum absolute atomic E-state index is 11.7. The first-order chi connectivity index (χ1) is 10.1. The van der Waals surface area contributed by atoms with E-state index in [2.05, 4.69) is 5.10 Å². The average Bonchev–Trinajstić information content (AvgIpc) is 3.10. The molecule has 0 aliphatic heterocycles. The van der Waals surface area contributed by atoms with Gasteiger partial charge in [-0.1, -0.05) is 29.8 Å². The SMILES string of the molecule is Cc1ccc(C(O)Cn2nc(-c3ccco3)oc2=O)cc1. The first-order valence-electron chi connectivity index (χ1n) is 6.50. The maximum atomic E-state index is 11.7. The summed E-state index contributed by atoms with van der Waals surface area (Å²) in [6, 6.07) is 10.8. The molecule has 1 atom stereocenters. The normalized spacial score (nSPS) is 12.5. The second kappa shape index (κ2) is 5.41. The molecule has 0 bridgehead atoms. The van der Waals surface area contributed by atoms with Crippen molar-refractivity contribution >= 4 is 0 Å². The fraction of sp³-hybridized carbons (Fsp3) is 0.200. The summed E-state index contributed by atoms with van der Waals surface area (Å²) in [6.45, 7) is 1.99. The van der Waals surface area contributed by atoms with Crippen LogP contribution in [0.15, 0.2) is 56.3 Å². The third-order valence-corrected chi connectivity index (χ3v) is 3.15. The van der Waals surface area contributed by atoms with Gasteiger partial charge in [-0.2, -0.15) is 4.68 Å². The quantitative estimate of drug-likeness (QED) is 0.794. The molecule has 1 unspecified atom stereocenters. The highest BCUT2D eigenvalue weighted by atomic mass is 16.4. The van der Waals surface area contributed by atoms with Crippen LogP contribution in [0, 0.1) is 6.92 Å². The number of benzene rings is 1. The van der Waals surface area contributed by atoms with Gasteiger partial charge in [0, 0.05) is 0 Å². The van der Waals surface area contributed by atoms with Crippen LogP contribution in [0.25, 0.3) is 11.7 Å². The average molecular weight is 286 g/mol. The third-order valence-electron chi connectivity index (χ3n) is 3.15. The molecule has 6 heteroatoms. The van der Waals surface area contributed by atoms with Crippen LogP contribution in [0.1, 0.15) is 17.2 Å². The lowest BCUT2D eigenvalue weighted by molar-refractivity contribution is 0.148. The molecule has 108 valence electrons. The van der Waals surface area contributed by atoms with E-state index in [1.807, 2.05) is 31.2 Å². The van der Waals surface area contributed by atoms with E-state index in [0.29, 0.717) is 5.76 Å². The molecule has 2 heterocycles. The molecule has 1 N–H and O–H groups in total. The minimum Gasteiger partial charge on any atom is -0.459 e. The van der Waals surface area contributed by atoms with Crippen molar-refractivity contribution in [3.05, 3.63) is 64.3 Å². The molecule has 0 spiro atoms. The molecule has 0 saturated heterocycles. The Morgan fingerprint density at radius 3 is 2.71 bits per heavy atom. The Hall–Kier alpha value is -2.60. The number of rotatable bonds is 4. The number of hydrogen-bond acceptors (Lipinski definition) is 5. The van der Waals surface area contributed by atoms with Gasteiger partial charge in [0.2, 0.25) is 0 Å². The van der Waals surface area contributed by atoms with Crippen molar-refractivity contribution in [3.63, 3.8) is 0 Å². The molecule has 0 aliphatic carbocycles. The Balaban J connectivity index is 1.82. The van der Waals surface area contributed by atoms with E-state index < -0.39 is 11.9 Å². The molecular weight excluding hydrogens is 272 g/mol. The number of aryl methyl sites for hydroxylation is 1. The van der Waals surface area contributed by atoms with E-state index in [9.17, 15) is 9.90 Å². The summed E-state index contributed by atoms with van der Waals surface area (Å²) in [6.07, 6.45) is 0.632. The second-order valence-electron chi connectivity index (χ2n) is 4.76. The topological polar surface area (TPSA) is 81.4 Å². The van der Waals surface area contributed by atoms with Crippen LogP contribution in [-0.4, -0.2) is 14.9 Å². The molecule has 3 aromatic rings. The summed E-state index contributed by atoms with van der Waals surface area (Å²) in [5.74, 6) is -0.163. The smallest absolute Gasteiger partial charge is 0.437 e. The van der Waals surface area contributed by atoms with Crippen molar-refractivity contribution in [3.8, 4) is 11.7 Å². The molecular formula is C15H14N2O4. The summed E-state index contributed by atoms with van der Waals surface area (Å²) in [5.41, 5.74) is 1.82. The highest BCUT2D eigenvalue weighted by Crippen LogP contribution is 2.18. The predicted molar refractivity (Wildman–Crippen MR) is 74.6 cm³/mol. The van der Waals surface area contributed by atoms with Gasteiger partial charge in [-0.05, 0) is 24.6 Å². The van der Waals surface area contributed by atoms with E-state index >= 15 is 0 Å². The lowest BCUT2D eigenvalue weighted by atomic mass is 10.1. The molecule has 6 nitrogen and oxygen atoms in total. The Labute approximate surface area is 120 Å². The van der Waals surface area contributed by atoms with Crippen LogP contribution in [-0.2, 0) is 6.54 Å². The lowest BCUT2D eigenvalue weighted by Gasteiger charge is -2.09. The summed E-state index contributed by atoms with van der Waals surface area (Å²) in [5, 5.41) is 14.2. The Morgan fingerprint density at radius 2 is 2.05 bits per heavy atom. The molecule has 2 aromatic heterocycles. The van der Waals surface area contributed by atoms with Gasteiger partial charge in [0.25, 0.3) is 5.89 Å². The summed E-state index contributed by atoms with van der Waals surface area (Å²) in [7, 11) is 0. The van der Waals surface area contributed by atoms with E-state index in [1.165, 1.54) is 6.26 Å². The van der Waals surface area contributed by atoms with Gasteiger partial charge in [0.15, 0.2) is 5.76 Å². The fourth-order valence-electron chi connectivity index (χ4n) is 1.98. The van der Waals surface area contributed by atoms with Crippen molar-refractivity contribution < 1.29 is 13.9 Å². The van der Waals surface area contributed by atoms with Gasteiger partial charge in [0.1, 0.15) is 0 Å². The zero-order chi connectivity index (χ0) is 14.8. The third kappa shape index (κ3) is 2.80. The van der Waals surface area contributed by atoms with E-state index in [0.717, 1.165) is 15.8 Å².